The summed E-state index contributed by atoms with van der Waals surface area (Å²) in [6.45, 7) is 1.55. The van der Waals surface area contributed by atoms with Crippen molar-refractivity contribution < 1.29 is 27.1 Å². The van der Waals surface area contributed by atoms with E-state index in [0.29, 0.717) is 0 Å². The lowest BCUT2D eigenvalue weighted by atomic mass is 10.2. The summed E-state index contributed by atoms with van der Waals surface area (Å²) < 4.78 is 41.3. The zero-order valence-electron chi connectivity index (χ0n) is 13.8. The third-order valence-electron chi connectivity index (χ3n) is 3.45. The maximum Gasteiger partial charge on any atom is 0.341 e. The van der Waals surface area contributed by atoms with Gasteiger partial charge in [-0.05, 0) is 30.7 Å². The number of nitrogens with one attached hydrogen (secondary N) is 1. The smallest absolute Gasteiger partial charge is 0.341 e. The minimum Gasteiger partial charge on any atom is -0.449 e. The Morgan fingerprint density at radius 3 is 2.46 bits per heavy atom. The number of hydrogen-bond acceptors (Lipinski definition) is 5. The third-order valence-corrected chi connectivity index (χ3v) is 4.36. The second-order valence-corrected chi connectivity index (χ2v) is 7.00. The summed E-state index contributed by atoms with van der Waals surface area (Å²) in [7, 11) is -4.11. The fourth-order valence-corrected chi connectivity index (χ4v) is 2.58. The first kappa shape index (κ1) is 19.5. The summed E-state index contributed by atoms with van der Waals surface area (Å²) in [4.78, 5) is 23.6. The van der Waals surface area contributed by atoms with Crippen LogP contribution in [0.1, 0.15) is 22.8 Å². The van der Waals surface area contributed by atoms with Crippen LogP contribution in [0.5, 0.6) is 0 Å². The first-order valence-corrected chi connectivity index (χ1v) is 9.08. The Kier molecular flexibility index (Phi) is 6.06. The number of ether oxygens (including phenoxy) is 1. The average molecular weight is 380 g/mol. The maximum absolute atomic E-state index is 13.8. The second-order valence-electron chi connectivity index (χ2n) is 5.44. The van der Waals surface area contributed by atoms with Crippen LogP contribution < -0.4 is 10.5 Å². The molecule has 0 heterocycles. The molecule has 2 rings (SSSR count). The van der Waals surface area contributed by atoms with Crippen molar-refractivity contribution >= 4 is 21.9 Å². The van der Waals surface area contributed by atoms with E-state index in [2.05, 4.69) is 5.32 Å². The molecule has 3 N–H and O–H groups in total. The van der Waals surface area contributed by atoms with Crippen molar-refractivity contribution in [2.75, 3.05) is 0 Å². The molecule has 0 spiro atoms. The van der Waals surface area contributed by atoms with Crippen LogP contribution in [0.15, 0.2) is 53.4 Å². The molecular formula is C17H17FN2O5S. The molecule has 0 aliphatic carbocycles. The van der Waals surface area contributed by atoms with Crippen molar-refractivity contribution in [3.63, 3.8) is 0 Å². The molecule has 2 aromatic rings. The van der Waals surface area contributed by atoms with Gasteiger partial charge in [0.1, 0.15) is 5.82 Å². The van der Waals surface area contributed by atoms with Gasteiger partial charge < -0.3 is 10.1 Å². The highest BCUT2D eigenvalue weighted by Gasteiger charge is 2.22. The van der Waals surface area contributed by atoms with Gasteiger partial charge in [0.2, 0.25) is 10.0 Å². The lowest BCUT2D eigenvalue weighted by Crippen LogP contribution is -2.35. The van der Waals surface area contributed by atoms with E-state index in [9.17, 15) is 22.4 Å². The van der Waals surface area contributed by atoms with Crippen LogP contribution >= 0.6 is 0 Å². The Morgan fingerprint density at radius 2 is 1.85 bits per heavy atom. The van der Waals surface area contributed by atoms with Crippen molar-refractivity contribution in [2.45, 2.75) is 24.5 Å². The van der Waals surface area contributed by atoms with Crippen LogP contribution in [-0.4, -0.2) is 26.4 Å². The summed E-state index contributed by atoms with van der Waals surface area (Å²) in [5.41, 5.74) is 0.227. The van der Waals surface area contributed by atoms with Crippen LogP contribution in [-0.2, 0) is 26.1 Å². The molecule has 0 saturated heterocycles. The van der Waals surface area contributed by atoms with E-state index < -0.39 is 44.3 Å². The maximum atomic E-state index is 13.8. The minimum atomic E-state index is -4.11. The fraction of sp³-hybridized carbons (Fsp3) is 0.176. The molecule has 9 heteroatoms. The van der Waals surface area contributed by atoms with Crippen molar-refractivity contribution in [3.8, 4) is 0 Å². The zero-order valence-corrected chi connectivity index (χ0v) is 14.6. The van der Waals surface area contributed by atoms with Gasteiger partial charge in [-0.15, -0.1) is 0 Å². The van der Waals surface area contributed by atoms with E-state index >= 15 is 0 Å². The molecule has 0 radical (unpaired) electrons. The lowest BCUT2D eigenvalue weighted by Gasteiger charge is -2.14. The quantitative estimate of drug-likeness (QED) is 0.734. The zero-order chi connectivity index (χ0) is 19.3. The average Bonchev–Trinajstić information content (AvgIpc) is 2.59. The van der Waals surface area contributed by atoms with Crippen LogP contribution in [0.25, 0.3) is 0 Å². The van der Waals surface area contributed by atoms with Gasteiger partial charge in [0.15, 0.2) is 6.10 Å². The topological polar surface area (TPSA) is 116 Å². The van der Waals surface area contributed by atoms with Gasteiger partial charge in [-0.1, -0.05) is 30.3 Å². The summed E-state index contributed by atoms with van der Waals surface area (Å²) in [6.07, 6.45) is -1.20. The molecule has 0 aromatic heterocycles. The Balaban J connectivity index is 2.03. The number of sulfonamides is 1. The van der Waals surface area contributed by atoms with E-state index in [1.165, 1.54) is 6.92 Å². The SMILES string of the molecule is C[C@@H](OC(=O)c1cc(S(N)(=O)=O)ccc1F)C(=O)NCc1ccccc1. The van der Waals surface area contributed by atoms with Gasteiger partial charge in [-0.2, -0.15) is 0 Å². The molecule has 138 valence electrons. The molecule has 0 fully saturated rings. The molecule has 0 unspecified atom stereocenters. The highest BCUT2D eigenvalue weighted by Crippen LogP contribution is 2.16. The molecule has 0 aliphatic rings. The van der Waals surface area contributed by atoms with Crippen molar-refractivity contribution in [1.82, 2.24) is 5.32 Å². The monoisotopic (exact) mass is 380 g/mol. The number of carbonyl (C=O) groups excluding carboxylic acids is 2. The summed E-state index contributed by atoms with van der Waals surface area (Å²) in [6, 6.07) is 11.6. The molecule has 1 amide bonds. The normalized spacial score (nSPS) is 12.3. The predicted molar refractivity (Wildman–Crippen MR) is 90.9 cm³/mol. The van der Waals surface area contributed by atoms with Crippen LogP contribution in [0.3, 0.4) is 0 Å². The van der Waals surface area contributed by atoms with Crippen LogP contribution in [0.4, 0.5) is 4.39 Å². The lowest BCUT2D eigenvalue weighted by molar-refractivity contribution is -0.129. The highest BCUT2D eigenvalue weighted by atomic mass is 32.2. The van der Waals surface area contributed by atoms with Gasteiger partial charge >= 0.3 is 5.97 Å². The Hall–Kier alpha value is -2.78. The first-order valence-electron chi connectivity index (χ1n) is 7.53. The van der Waals surface area contributed by atoms with Gasteiger partial charge in [-0.25, -0.2) is 22.7 Å². The molecule has 0 bridgehead atoms. The summed E-state index contributed by atoms with van der Waals surface area (Å²) >= 11 is 0. The highest BCUT2D eigenvalue weighted by molar-refractivity contribution is 7.89. The van der Waals surface area contributed by atoms with Gasteiger partial charge in [0.05, 0.1) is 10.5 Å². The number of hydrogen-bond donors (Lipinski definition) is 2. The molecule has 26 heavy (non-hydrogen) atoms. The van der Waals surface area contributed by atoms with Crippen molar-refractivity contribution in [2.24, 2.45) is 5.14 Å². The molecule has 7 nitrogen and oxygen atoms in total. The number of amides is 1. The third kappa shape index (κ3) is 5.11. The molecular weight excluding hydrogens is 363 g/mol. The number of carbonyl (C=O) groups is 2. The Bertz CT molecular complexity index is 916. The van der Waals surface area contributed by atoms with Gasteiger partial charge in [-0.3, -0.25) is 4.79 Å². The Morgan fingerprint density at radius 1 is 1.19 bits per heavy atom. The largest absolute Gasteiger partial charge is 0.449 e. The molecule has 0 saturated carbocycles. The number of benzene rings is 2. The van der Waals surface area contributed by atoms with Gasteiger partial charge in [0.25, 0.3) is 5.91 Å². The van der Waals surface area contributed by atoms with Crippen LogP contribution in [0, 0.1) is 5.82 Å². The molecule has 2 aromatic carbocycles. The van der Waals surface area contributed by atoms with E-state index in [1.807, 2.05) is 30.3 Å². The predicted octanol–water partition coefficient (Wildman–Crippen LogP) is 1.33. The Labute approximate surface area is 150 Å². The van der Waals surface area contributed by atoms with Gasteiger partial charge in [0, 0.05) is 6.54 Å². The van der Waals surface area contributed by atoms with Crippen molar-refractivity contribution in [1.29, 1.82) is 0 Å². The second kappa shape index (κ2) is 8.07. The summed E-state index contributed by atoms with van der Waals surface area (Å²) in [5.74, 6) is -2.74. The number of nitrogens with two attached hydrogens (primary N) is 1. The number of esters is 1. The van der Waals surface area contributed by atoms with E-state index in [-0.39, 0.29) is 6.54 Å². The number of rotatable bonds is 6. The molecule has 0 aliphatic heterocycles. The first-order chi connectivity index (χ1) is 12.2. The fourth-order valence-electron chi connectivity index (χ4n) is 2.04. The van der Waals surface area contributed by atoms with Crippen LogP contribution in [0.2, 0.25) is 0 Å². The van der Waals surface area contributed by atoms with E-state index in [1.54, 1.807) is 0 Å². The van der Waals surface area contributed by atoms with Crippen molar-refractivity contribution in [3.05, 3.63) is 65.5 Å². The number of primary sulfonamides is 1. The molecule has 1 atom stereocenters. The minimum absolute atomic E-state index is 0.233. The standard InChI is InChI=1S/C17H17FN2O5S/c1-11(16(21)20-10-12-5-3-2-4-6-12)25-17(22)14-9-13(26(19,23)24)7-8-15(14)18/h2-9,11H,10H2,1H3,(H,20,21)(H2,19,23,24)/t11-/m1/s1. The number of halogens is 1. The van der Waals surface area contributed by atoms with E-state index in [0.717, 1.165) is 23.8 Å². The summed E-state index contributed by atoms with van der Waals surface area (Å²) in [5, 5.41) is 7.53. The van der Waals surface area contributed by atoms with E-state index in [4.69, 9.17) is 9.88 Å².